The van der Waals surface area contributed by atoms with E-state index in [1.54, 1.807) is 0 Å². The average molecular weight is 340 g/mol. The smallest absolute Gasteiger partial charge is 0.225 e. The summed E-state index contributed by atoms with van der Waals surface area (Å²) >= 11 is 0. The third-order valence-electron chi connectivity index (χ3n) is 5.48. The first-order valence-corrected chi connectivity index (χ1v) is 9.60. The average Bonchev–Trinajstić information content (AvgIpc) is 2.89. The maximum Gasteiger partial charge on any atom is 0.225 e. The molecule has 6 nitrogen and oxygen atoms in total. The lowest BCUT2D eigenvalue weighted by atomic mass is 9.95. The van der Waals surface area contributed by atoms with Gasteiger partial charge in [-0.25, -0.2) is 15.0 Å². The Kier molecular flexibility index (Phi) is 4.97. The molecule has 6 heteroatoms. The molecule has 5 rings (SSSR count). The number of anilines is 1. The number of nitrogens with zero attached hydrogens (tertiary/aromatic N) is 5. The highest BCUT2D eigenvalue weighted by Crippen LogP contribution is 2.30. The van der Waals surface area contributed by atoms with Crippen molar-refractivity contribution in [1.29, 1.82) is 0 Å². The molecule has 0 saturated carbocycles. The van der Waals surface area contributed by atoms with E-state index in [1.165, 1.54) is 31.4 Å². The normalized spacial score (nSPS) is 23.8. The summed E-state index contributed by atoms with van der Waals surface area (Å²) in [4.78, 5) is 22.0. The minimum Gasteiger partial charge on any atom is -0.345 e. The van der Waals surface area contributed by atoms with Crippen LogP contribution in [-0.4, -0.2) is 50.5 Å². The number of aromatic nitrogens is 4. The summed E-state index contributed by atoms with van der Waals surface area (Å²) < 4.78 is 0. The summed E-state index contributed by atoms with van der Waals surface area (Å²) in [7, 11) is 0. The van der Waals surface area contributed by atoms with E-state index in [1.807, 2.05) is 24.7 Å². The molecule has 0 aliphatic carbocycles. The van der Waals surface area contributed by atoms with Crippen molar-refractivity contribution in [1.82, 2.24) is 24.8 Å². The number of nitrogens with one attached hydrogen (secondary N) is 1. The highest BCUT2D eigenvalue weighted by molar-refractivity contribution is 5.30. The number of piperidine rings is 1. The second-order valence-electron chi connectivity index (χ2n) is 7.44. The molecule has 0 unspecified atom stereocenters. The summed E-state index contributed by atoms with van der Waals surface area (Å²) in [6, 6.07) is 2.46. The van der Waals surface area contributed by atoms with E-state index in [0.29, 0.717) is 12.0 Å². The Hall–Kier alpha value is -1.95. The van der Waals surface area contributed by atoms with Crippen LogP contribution in [0.1, 0.15) is 44.1 Å². The number of imidazole rings is 1. The van der Waals surface area contributed by atoms with Crippen LogP contribution in [0.5, 0.6) is 0 Å². The summed E-state index contributed by atoms with van der Waals surface area (Å²) in [5, 5.41) is 0. The van der Waals surface area contributed by atoms with E-state index in [2.05, 4.69) is 36.7 Å². The maximum absolute atomic E-state index is 4.55. The van der Waals surface area contributed by atoms with Gasteiger partial charge < -0.3 is 9.88 Å². The molecule has 134 valence electrons. The van der Waals surface area contributed by atoms with Gasteiger partial charge in [0.25, 0.3) is 0 Å². The Labute approximate surface area is 149 Å². The lowest BCUT2D eigenvalue weighted by Crippen LogP contribution is -2.43. The van der Waals surface area contributed by atoms with Crippen LogP contribution in [0.25, 0.3) is 0 Å². The van der Waals surface area contributed by atoms with Crippen LogP contribution >= 0.6 is 0 Å². The fourth-order valence-electron chi connectivity index (χ4n) is 4.17. The number of aromatic amines is 1. The minimum atomic E-state index is 0.574. The summed E-state index contributed by atoms with van der Waals surface area (Å²) in [6.07, 6.45) is 11.8. The van der Waals surface area contributed by atoms with E-state index in [9.17, 15) is 0 Å². The van der Waals surface area contributed by atoms with Crippen molar-refractivity contribution in [3.05, 3.63) is 36.2 Å². The predicted octanol–water partition coefficient (Wildman–Crippen LogP) is 2.64. The van der Waals surface area contributed by atoms with Crippen LogP contribution in [-0.2, 0) is 13.0 Å². The Morgan fingerprint density at radius 2 is 2.00 bits per heavy atom. The maximum atomic E-state index is 4.55. The summed E-state index contributed by atoms with van der Waals surface area (Å²) in [5.41, 5.74) is 1.25. The Balaban J connectivity index is 1.43. The van der Waals surface area contributed by atoms with Crippen LogP contribution in [0.4, 0.5) is 5.95 Å². The SMILES string of the molecule is CCCCc1ncc(CN2C[C@H]3CC[C@@H]2CN(c2ncccn2)C3)[nH]1. The van der Waals surface area contributed by atoms with Crippen molar-refractivity contribution in [2.75, 3.05) is 24.5 Å². The number of hydrogen-bond donors (Lipinski definition) is 1. The van der Waals surface area contributed by atoms with Crippen LogP contribution in [0.2, 0.25) is 0 Å². The molecule has 2 atom stereocenters. The van der Waals surface area contributed by atoms with Gasteiger partial charge in [-0.2, -0.15) is 0 Å². The van der Waals surface area contributed by atoms with E-state index >= 15 is 0 Å². The molecule has 3 aliphatic rings. The van der Waals surface area contributed by atoms with Gasteiger partial charge in [-0.15, -0.1) is 0 Å². The van der Waals surface area contributed by atoms with Crippen molar-refractivity contribution >= 4 is 5.95 Å². The lowest BCUT2D eigenvalue weighted by Gasteiger charge is -2.35. The Morgan fingerprint density at radius 1 is 1.12 bits per heavy atom. The molecule has 2 aromatic heterocycles. The minimum absolute atomic E-state index is 0.574. The van der Waals surface area contributed by atoms with E-state index in [4.69, 9.17) is 0 Å². The highest BCUT2D eigenvalue weighted by atomic mass is 15.3. The van der Waals surface area contributed by atoms with Gasteiger partial charge in [-0.3, -0.25) is 4.90 Å². The van der Waals surface area contributed by atoms with E-state index in [0.717, 1.165) is 44.4 Å². The Morgan fingerprint density at radius 3 is 2.84 bits per heavy atom. The second kappa shape index (κ2) is 7.52. The molecule has 3 saturated heterocycles. The third kappa shape index (κ3) is 3.84. The van der Waals surface area contributed by atoms with E-state index in [-0.39, 0.29) is 0 Å². The van der Waals surface area contributed by atoms with Crippen LogP contribution in [0, 0.1) is 5.92 Å². The van der Waals surface area contributed by atoms with Gasteiger partial charge in [0.1, 0.15) is 5.82 Å². The number of unbranched alkanes of at least 4 members (excludes halogenated alkanes) is 1. The summed E-state index contributed by atoms with van der Waals surface area (Å²) in [6.45, 7) is 6.46. The van der Waals surface area contributed by atoms with Gasteiger partial charge >= 0.3 is 0 Å². The van der Waals surface area contributed by atoms with Crippen molar-refractivity contribution in [3.8, 4) is 0 Å². The highest BCUT2D eigenvalue weighted by Gasteiger charge is 2.35. The van der Waals surface area contributed by atoms with Crippen molar-refractivity contribution < 1.29 is 0 Å². The summed E-state index contributed by atoms with van der Waals surface area (Å²) in [5.74, 6) is 2.71. The van der Waals surface area contributed by atoms with Crippen molar-refractivity contribution in [2.45, 2.75) is 51.6 Å². The quantitative estimate of drug-likeness (QED) is 0.876. The first kappa shape index (κ1) is 16.5. The molecule has 1 N–H and O–H groups in total. The first-order chi connectivity index (χ1) is 12.3. The molecule has 2 bridgehead atoms. The molecule has 3 aliphatic heterocycles. The van der Waals surface area contributed by atoms with Gasteiger partial charge in [0.05, 0.1) is 0 Å². The molecule has 0 radical (unpaired) electrons. The fraction of sp³-hybridized carbons (Fsp3) is 0.632. The van der Waals surface area contributed by atoms with Gasteiger partial charge in [0.15, 0.2) is 0 Å². The van der Waals surface area contributed by atoms with Gasteiger partial charge in [0.2, 0.25) is 5.95 Å². The molecule has 25 heavy (non-hydrogen) atoms. The van der Waals surface area contributed by atoms with Gasteiger partial charge in [-0.1, -0.05) is 13.3 Å². The number of aryl methyl sites for hydroxylation is 1. The molecule has 0 aromatic carbocycles. The van der Waals surface area contributed by atoms with E-state index < -0.39 is 0 Å². The molecular formula is C19H28N6. The number of H-pyrrole nitrogens is 1. The lowest BCUT2D eigenvalue weighted by molar-refractivity contribution is 0.125. The molecule has 2 aromatic rings. The fourth-order valence-corrected chi connectivity index (χ4v) is 4.17. The molecule has 0 spiro atoms. The zero-order chi connectivity index (χ0) is 17.1. The monoisotopic (exact) mass is 340 g/mol. The van der Waals surface area contributed by atoms with Crippen LogP contribution in [0.3, 0.4) is 0 Å². The van der Waals surface area contributed by atoms with Crippen LogP contribution in [0.15, 0.2) is 24.7 Å². The molecular weight excluding hydrogens is 312 g/mol. The zero-order valence-corrected chi connectivity index (χ0v) is 15.1. The van der Waals surface area contributed by atoms with Crippen molar-refractivity contribution in [3.63, 3.8) is 0 Å². The van der Waals surface area contributed by atoms with Gasteiger partial charge in [-0.05, 0) is 31.2 Å². The molecule has 5 heterocycles. The zero-order valence-electron chi connectivity index (χ0n) is 15.1. The predicted molar refractivity (Wildman–Crippen MR) is 98.4 cm³/mol. The van der Waals surface area contributed by atoms with Gasteiger partial charge in [0, 0.05) is 62.9 Å². The molecule has 3 fully saturated rings. The Bertz CT molecular complexity index is 670. The van der Waals surface area contributed by atoms with Crippen molar-refractivity contribution in [2.24, 2.45) is 5.92 Å². The molecule has 0 amide bonds. The first-order valence-electron chi connectivity index (χ1n) is 9.60. The largest absolute Gasteiger partial charge is 0.345 e. The second-order valence-corrected chi connectivity index (χ2v) is 7.44. The standard InChI is InChI=1S/C19H28N6/c1-2-3-5-18-22-10-16(23-18)13-24-11-15-6-7-17(24)14-25(12-15)19-20-8-4-9-21-19/h4,8-10,15,17H,2-3,5-7,11-14H2,1H3,(H,22,23)/t15-,17-/m1/s1. The number of rotatable bonds is 6. The topological polar surface area (TPSA) is 60.9 Å². The third-order valence-corrected chi connectivity index (χ3v) is 5.48. The van der Waals surface area contributed by atoms with Crippen LogP contribution < -0.4 is 4.90 Å². The number of hydrogen-bond acceptors (Lipinski definition) is 5. The number of fused-ring (bicyclic) bond motifs is 4.